The Balaban J connectivity index is 1.68. The van der Waals surface area contributed by atoms with Gasteiger partial charge in [0.1, 0.15) is 5.82 Å². The minimum Gasteiger partial charge on any atom is -0.359 e. The van der Waals surface area contributed by atoms with Crippen molar-refractivity contribution >= 4 is 27.5 Å². The monoisotopic (exact) mass is 528 g/mol. The molecule has 4 rings (SSSR count). The van der Waals surface area contributed by atoms with Crippen molar-refractivity contribution in [1.29, 1.82) is 0 Å². The molecule has 1 aromatic carbocycles. The maximum absolute atomic E-state index is 13.6. The molecule has 2 atom stereocenters. The molecule has 0 bridgehead atoms. The Bertz CT molecular complexity index is 1410. The third-order valence-corrected chi connectivity index (χ3v) is 7.31. The van der Waals surface area contributed by atoms with Gasteiger partial charge in [-0.25, -0.2) is 27.3 Å². The first kappa shape index (κ1) is 26.3. The van der Waals surface area contributed by atoms with Gasteiger partial charge in [-0.05, 0) is 48.4 Å². The lowest BCUT2D eigenvalue weighted by Crippen LogP contribution is -2.49. The van der Waals surface area contributed by atoms with E-state index < -0.39 is 27.8 Å². The van der Waals surface area contributed by atoms with Gasteiger partial charge in [-0.2, -0.15) is 5.10 Å². The summed E-state index contributed by atoms with van der Waals surface area (Å²) < 4.78 is 39.1. The van der Waals surface area contributed by atoms with E-state index in [1.165, 1.54) is 29.3 Å². The number of nitrogens with zero attached hydrogens (tertiary/aromatic N) is 4. The molecule has 196 valence electrons. The van der Waals surface area contributed by atoms with E-state index in [2.05, 4.69) is 20.7 Å². The number of aromatic nitrogens is 3. The molecule has 3 aromatic rings. The van der Waals surface area contributed by atoms with Crippen molar-refractivity contribution in [1.82, 2.24) is 25.4 Å². The van der Waals surface area contributed by atoms with Crippen LogP contribution in [0.5, 0.6) is 0 Å². The minimum atomic E-state index is -3.52. The molecule has 0 saturated carbocycles. The van der Waals surface area contributed by atoms with Crippen LogP contribution in [-0.4, -0.2) is 55.0 Å². The van der Waals surface area contributed by atoms with Gasteiger partial charge >= 0.3 is 6.03 Å². The number of nitrogens with one attached hydrogen (secondary N) is 2. The quantitative estimate of drug-likeness (QED) is 0.486. The maximum atomic E-state index is 13.6. The number of sulfone groups is 1. The molecule has 12 heteroatoms. The second kappa shape index (κ2) is 10.7. The summed E-state index contributed by atoms with van der Waals surface area (Å²) in [7, 11) is -1.98. The highest BCUT2D eigenvalue weighted by Gasteiger charge is 2.36. The van der Waals surface area contributed by atoms with Crippen molar-refractivity contribution in [2.45, 2.75) is 37.3 Å². The number of hydrogen-bond donors (Lipinski definition) is 2. The molecule has 3 amide bonds. The zero-order chi connectivity index (χ0) is 26.7. The lowest BCUT2D eigenvalue weighted by molar-refractivity contribution is -0.124. The van der Waals surface area contributed by atoms with Gasteiger partial charge < -0.3 is 10.6 Å². The Morgan fingerprint density at radius 1 is 1.22 bits per heavy atom. The Morgan fingerprint density at radius 3 is 2.59 bits per heavy atom. The number of anilines is 1. The van der Waals surface area contributed by atoms with Crippen molar-refractivity contribution < 1.29 is 22.4 Å². The van der Waals surface area contributed by atoms with Gasteiger partial charge in [-0.3, -0.25) is 9.69 Å². The largest absolute Gasteiger partial charge is 0.359 e. The summed E-state index contributed by atoms with van der Waals surface area (Å²) in [6.45, 7) is 2.10. The number of halogens is 1. The van der Waals surface area contributed by atoms with Crippen LogP contribution in [0.4, 0.5) is 14.9 Å². The molecular weight excluding hydrogens is 499 g/mol. The third kappa shape index (κ3) is 5.63. The zero-order valence-electron chi connectivity index (χ0n) is 20.8. The highest BCUT2D eigenvalue weighted by atomic mass is 32.2. The Kier molecular flexibility index (Phi) is 7.58. The Hall–Kier alpha value is -3.80. The fourth-order valence-electron chi connectivity index (χ4n) is 4.46. The number of urea groups is 1. The predicted molar refractivity (Wildman–Crippen MR) is 136 cm³/mol. The molecule has 0 radical (unpaired) electrons. The molecule has 2 unspecified atom stereocenters. The average molecular weight is 529 g/mol. The molecular formula is C25H29FN6O4S. The third-order valence-electron chi connectivity index (χ3n) is 6.33. The van der Waals surface area contributed by atoms with Crippen LogP contribution < -0.4 is 15.5 Å². The molecule has 3 heterocycles. The predicted octanol–water partition coefficient (Wildman–Crippen LogP) is 2.79. The van der Waals surface area contributed by atoms with Crippen LogP contribution in [0.25, 0.3) is 5.69 Å². The summed E-state index contributed by atoms with van der Waals surface area (Å²) in [5, 5.41) is 10.0. The van der Waals surface area contributed by atoms with Crippen LogP contribution >= 0.6 is 0 Å². The fraction of sp³-hybridized carbons (Fsp3) is 0.360. The van der Waals surface area contributed by atoms with E-state index >= 15 is 0 Å². The lowest BCUT2D eigenvalue weighted by atomic mass is 9.96. The number of benzene rings is 1. The summed E-state index contributed by atoms with van der Waals surface area (Å²) >= 11 is 0. The standard InChI is InChI=1S/C25H29FN6O4S/c1-4-5-20(16-10-11-28-23(13-16)37(3,35)36)30-25(34)31-15-17(24(33)27-2)12-21-22(31)14-29-32(21)19-8-6-18(26)7-9-19/h6-11,13-14,17,20H,4-5,12,15H2,1-3H3,(H,27,33)(H,30,34). The molecule has 0 saturated heterocycles. The second-order valence-electron chi connectivity index (χ2n) is 8.98. The fourth-order valence-corrected chi connectivity index (χ4v) is 5.06. The zero-order valence-corrected chi connectivity index (χ0v) is 21.6. The molecule has 2 aromatic heterocycles. The van der Waals surface area contributed by atoms with Gasteiger partial charge in [-0.15, -0.1) is 0 Å². The van der Waals surface area contributed by atoms with Crippen LogP contribution in [0.1, 0.15) is 37.1 Å². The van der Waals surface area contributed by atoms with Crippen LogP contribution in [-0.2, 0) is 21.1 Å². The number of fused-ring (bicyclic) bond motifs is 1. The molecule has 1 aliphatic heterocycles. The van der Waals surface area contributed by atoms with Crippen LogP contribution in [0.3, 0.4) is 0 Å². The summed E-state index contributed by atoms with van der Waals surface area (Å²) in [6, 6.07) is 8.03. The lowest BCUT2D eigenvalue weighted by Gasteiger charge is -2.33. The minimum absolute atomic E-state index is 0.0686. The summed E-state index contributed by atoms with van der Waals surface area (Å²) in [5.41, 5.74) is 2.42. The smallest absolute Gasteiger partial charge is 0.322 e. The highest BCUT2D eigenvalue weighted by Crippen LogP contribution is 2.32. The van der Waals surface area contributed by atoms with E-state index in [9.17, 15) is 22.4 Å². The van der Waals surface area contributed by atoms with E-state index in [-0.39, 0.29) is 23.3 Å². The van der Waals surface area contributed by atoms with Gasteiger partial charge in [-0.1, -0.05) is 13.3 Å². The molecule has 37 heavy (non-hydrogen) atoms. The number of pyridine rings is 1. The number of hydrogen-bond acceptors (Lipinski definition) is 6. The van der Waals surface area contributed by atoms with Gasteiger partial charge in [0.05, 0.1) is 35.2 Å². The molecule has 0 aliphatic carbocycles. The van der Waals surface area contributed by atoms with E-state index in [0.717, 1.165) is 12.7 Å². The number of amides is 3. The molecule has 0 spiro atoms. The molecule has 1 aliphatic rings. The van der Waals surface area contributed by atoms with Crippen LogP contribution in [0, 0.1) is 11.7 Å². The Labute approximate surface area is 214 Å². The van der Waals surface area contributed by atoms with Crippen molar-refractivity contribution in [3.8, 4) is 5.69 Å². The van der Waals surface area contributed by atoms with Crippen LogP contribution in [0.15, 0.2) is 53.8 Å². The first-order valence-electron chi connectivity index (χ1n) is 11.9. The highest BCUT2D eigenvalue weighted by molar-refractivity contribution is 7.90. The van der Waals surface area contributed by atoms with Gasteiger partial charge in [0.15, 0.2) is 14.9 Å². The molecule has 0 fully saturated rings. The summed E-state index contributed by atoms with van der Waals surface area (Å²) in [6.07, 6.45) is 5.69. The van der Waals surface area contributed by atoms with Crippen molar-refractivity contribution in [3.63, 3.8) is 0 Å². The van der Waals surface area contributed by atoms with Crippen LogP contribution in [0.2, 0.25) is 0 Å². The van der Waals surface area contributed by atoms with Crippen molar-refractivity contribution in [2.24, 2.45) is 5.92 Å². The topological polar surface area (TPSA) is 126 Å². The molecule has 10 nitrogen and oxygen atoms in total. The SMILES string of the molecule is CCCC(NC(=O)N1CC(C(=O)NC)Cc2c1cnn2-c1ccc(F)cc1)c1ccnc(S(C)(=O)=O)c1. The van der Waals surface area contributed by atoms with Crippen molar-refractivity contribution in [2.75, 3.05) is 24.7 Å². The molecule has 2 N–H and O–H groups in total. The maximum Gasteiger partial charge on any atom is 0.322 e. The van der Waals surface area contributed by atoms with Crippen molar-refractivity contribution in [3.05, 3.63) is 65.9 Å². The summed E-state index contributed by atoms with van der Waals surface area (Å²) in [4.78, 5) is 31.7. The first-order chi connectivity index (χ1) is 17.6. The number of rotatable bonds is 7. The van der Waals surface area contributed by atoms with Gasteiger partial charge in [0.25, 0.3) is 0 Å². The van der Waals surface area contributed by atoms with E-state index in [1.54, 1.807) is 36.1 Å². The van der Waals surface area contributed by atoms with Gasteiger partial charge in [0.2, 0.25) is 5.91 Å². The Morgan fingerprint density at radius 2 is 1.95 bits per heavy atom. The van der Waals surface area contributed by atoms with Gasteiger partial charge in [0, 0.05) is 32.5 Å². The average Bonchev–Trinajstić information content (AvgIpc) is 3.31. The normalized spacial score (nSPS) is 16.1. The number of carbonyl (C=O) groups is 2. The first-order valence-corrected chi connectivity index (χ1v) is 13.8. The summed E-state index contributed by atoms with van der Waals surface area (Å²) in [5.74, 6) is -1.12. The van der Waals surface area contributed by atoms with E-state index in [1.807, 2.05) is 6.92 Å². The van der Waals surface area contributed by atoms with E-state index in [4.69, 9.17) is 0 Å². The van der Waals surface area contributed by atoms with E-state index in [0.29, 0.717) is 35.5 Å². The second-order valence-corrected chi connectivity index (χ2v) is 10.9. The number of carbonyl (C=O) groups excluding carboxylic acids is 2.